The van der Waals surface area contributed by atoms with Crippen molar-refractivity contribution in [1.29, 1.82) is 0 Å². The molecule has 0 saturated heterocycles. The van der Waals surface area contributed by atoms with Crippen LogP contribution in [-0.2, 0) is 6.54 Å². The Morgan fingerprint density at radius 3 is 2.77 bits per heavy atom. The maximum absolute atomic E-state index is 5.93. The van der Waals surface area contributed by atoms with Gasteiger partial charge in [-0.25, -0.2) is 9.97 Å². The second kappa shape index (κ2) is 7.24. The quantitative estimate of drug-likeness (QED) is 0.663. The molecule has 1 fully saturated rings. The molecule has 0 radical (unpaired) electrons. The molecule has 2 atom stereocenters. The van der Waals surface area contributed by atoms with Gasteiger partial charge in [0.05, 0.1) is 23.9 Å². The van der Waals surface area contributed by atoms with Gasteiger partial charge in [-0.15, -0.1) is 21.5 Å². The summed E-state index contributed by atoms with van der Waals surface area (Å²) in [6.45, 7) is 7.11. The number of hydrogen-bond acceptors (Lipinski definition) is 9. The summed E-state index contributed by atoms with van der Waals surface area (Å²) in [6.07, 6.45) is 1.13. The normalized spacial score (nSPS) is 18.7. The van der Waals surface area contributed by atoms with E-state index in [-0.39, 0.29) is 0 Å². The molecule has 3 aromatic heterocycles. The van der Waals surface area contributed by atoms with Crippen molar-refractivity contribution in [2.45, 2.75) is 39.7 Å². The van der Waals surface area contributed by atoms with Crippen LogP contribution in [0.4, 0.5) is 5.82 Å². The van der Waals surface area contributed by atoms with Crippen molar-refractivity contribution in [3.63, 3.8) is 0 Å². The molecule has 1 N–H and O–H groups in total. The second-order valence-corrected chi connectivity index (χ2v) is 8.74. The molecule has 0 spiro atoms. The highest BCUT2D eigenvalue weighted by Crippen LogP contribution is 2.47. The van der Waals surface area contributed by atoms with Crippen LogP contribution in [-0.4, -0.2) is 31.8 Å². The highest BCUT2D eigenvalue weighted by atomic mass is 32.1. The molecule has 1 aliphatic carbocycles. The Hall–Kier alpha value is -2.13. The SMILES string of the molecule is Cc1nc(NCc2nnc(C)s2)cc(OC[C@H]2C[C@@H]2c2csc(C)n2)n1. The van der Waals surface area contributed by atoms with Crippen LogP contribution in [0.25, 0.3) is 0 Å². The van der Waals surface area contributed by atoms with E-state index in [9.17, 15) is 0 Å². The first-order valence-electron chi connectivity index (χ1n) is 8.50. The molecule has 3 aromatic rings. The van der Waals surface area contributed by atoms with Gasteiger partial charge in [-0.05, 0) is 27.2 Å². The Balaban J connectivity index is 1.33. The zero-order valence-electron chi connectivity index (χ0n) is 14.9. The first-order valence-corrected chi connectivity index (χ1v) is 10.2. The number of aromatic nitrogens is 5. The second-order valence-electron chi connectivity index (χ2n) is 6.41. The summed E-state index contributed by atoms with van der Waals surface area (Å²) in [6, 6.07) is 1.84. The smallest absolute Gasteiger partial charge is 0.218 e. The molecule has 0 aliphatic heterocycles. The van der Waals surface area contributed by atoms with E-state index in [1.165, 1.54) is 5.69 Å². The highest BCUT2D eigenvalue weighted by Gasteiger charge is 2.40. The minimum Gasteiger partial charge on any atom is -0.477 e. The first-order chi connectivity index (χ1) is 12.6. The number of ether oxygens (including phenoxy) is 1. The van der Waals surface area contributed by atoms with Crippen LogP contribution in [0.1, 0.15) is 38.9 Å². The maximum atomic E-state index is 5.93. The van der Waals surface area contributed by atoms with Crippen molar-refractivity contribution in [1.82, 2.24) is 25.1 Å². The van der Waals surface area contributed by atoms with Crippen molar-refractivity contribution >= 4 is 28.5 Å². The maximum Gasteiger partial charge on any atom is 0.218 e. The molecule has 3 heterocycles. The summed E-state index contributed by atoms with van der Waals surface area (Å²) in [7, 11) is 0. The van der Waals surface area contributed by atoms with Crippen molar-refractivity contribution in [2.75, 3.05) is 11.9 Å². The van der Waals surface area contributed by atoms with Crippen LogP contribution in [0.15, 0.2) is 11.4 Å². The van der Waals surface area contributed by atoms with Gasteiger partial charge in [0.2, 0.25) is 5.88 Å². The Morgan fingerprint density at radius 2 is 2.04 bits per heavy atom. The van der Waals surface area contributed by atoms with Crippen LogP contribution >= 0.6 is 22.7 Å². The average Bonchev–Trinajstić information content (AvgIpc) is 3.05. The molecular formula is C17H20N6OS2. The number of rotatable bonds is 7. The van der Waals surface area contributed by atoms with Gasteiger partial charge in [0.15, 0.2) is 0 Å². The molecular weight excluding hydrogens is 368 g/mol. The lowest BCUT2D eigenvalue weighted by Gasteiger charge is -2.09. The number of thiazole rings is 1. The van der Waals surface area contributed by atoms with Gasteiger partial charge < -0.3 is 10.1 Å². The Labute approximate surface area is 159 Å². The first kappa shape index (κ1) is 17.3. The van der Waals surface area contributed by atoms with E-state index in [0.717, 1.165) is 27.3 Å². The number of nitrogens with zero attached hydrogens (tertiary/aromatic N) is 5. The van der Waals surface area contributed by atoms with Gasteiger partial charge in [0, 0.05) is 23.3 Å². The molecule has 1 saturated carbocycles. The lowest BCUT2D eigenvalue weighted by atomic mass is 10.3. The highest BCUT2D eigenvalue weighted by molar-refractivity contribution is 7.11. The largest absolute Gasteiger partial charge is 0.477 e. The molecule has 136 valence electrons. The number of aryl methyl sites for hydroxylation is 3. The number of nitrogens with one attached hydrogen (secondary N) is 1. The predicted molar refractivity (Wildman–Crippen MR) is 102 cm³/mol. The standard InChI is InChI=1S/C17H20N6OS2/c1-9-19-15(18-6-17-23-22-11(3)26-17)5-16(20-9)24-7-12-4-13(12)14-8-25-10(2)21-14/h5,8,12-13H,4,6-7H2,1-3H3,(H,18,19,20)/t12-,13+/m1/s1. The molecule has 0 aromatic carbocycles. The van der Waals surface area contributed by atoms with Gasteiger partial charge in [-0.3, -0.25) is 0 Å². The molecule has 4 rings (SSSR count). The fraction of sp³-hybridized carbons (Fsp3) is 0.471. The molecule has 0 unspecified atom stereocenters. The summed E-state index contributed by atoms with van der Waals surface area (Å²) in [5, 5.41) is 16.6. The van der Waals surface area contributed by atoms with Crippen LogP contribution in [0.3, 0.4) is 0 Å². The molecule has 0 bridgehead atoms. The Morgan fingerprint density at radius 1 is 1.15 bits per heavy atom. The Bertz CT molecular complexity index is 908. The third kappa shape index (κ3) is 4.16. The van der Waals surface area contributed by atoms with Crippen molar-refractivity contribution in [3.8, 4) is 5.88 Å². The predicted octanol–water partition coefficient (Wildman–Crippen LogP) is 3.50. The van der Waals surface area contributed by atoms with Gasteiger partial charge in [0.25, 0.3) is 0 Å². The number of hydrogen-bond donors (Lipinski definition) is 1. The van der Waals surface area contributed by atoms with E-state index < -0.39 is 0 Å². The third-order valence-electron chi connectivity index (χ3n) is 4.19. The van der Waals surface area contributed by atoms with E-state index in [2.05, 4.69) is 35.8 Å². The molecule has 26 heavy (non-hydrogen) atoms. The van der Waals surface area contributed by atoms with E-state index in [0.29, 0.717) is 36.7 Å². The lowest BCUT2D eigenvalue weighted by molar-refractivity contribution is 0.284. The summed E-state index contributed by atoms with van der Waals surface area (Å²) >= 11 is 3.28. The average molecular weight is 389 g/mol. The minimum atomic E-state index is 0.521. The lowest BCUT2D eigenvalue weighted by Crippen LogP contribution is -2.07. The molecule has 9 heteroatoms. The zero-order chi connectivity index (χ0) is 18.1. The van der Waals surface area contributed by atoms with E-state index in [1.807, 2.05) is 26.8 Å². The fourth-order valence-electron chi connectivity index (χ4n) is 2.82. The van der Waals surface area contributed by atoms with E-state index in [1.54, 1.807) is 22.7 Å². The summed E-state index contributed by atoms with van der Waals surface area (Å²) in [4.78, 5) is 13.4. The fourth-order valence-corrected chi connectivity index (χ4v) is 4.14. The number of anilines is 1. The van der Waals surface area contributed by atoms with Gasteiger partial charge in [-0.1, -0.05) is 11.3 Å². The van der Waals surface area contributed by atoms with Gasteiger partial charge in [0.1, 0.15) is 21.7 Å². The van der Waals surface area contributed by atoms with Crippen LogP contribution in [0, 0.1) is 26.7 Å². The third-order valence-corrected chi connectivity index (χ3v) is 5.82. The van der Waals surface area contributed by atoms with Gasteiger partial charge >= 0.3 is 0 Å². The van der Waals surface area contributed by atoms with Crippen LogP contribution in [0.2, 0.25) is 0 Å². The summed E-state index contributed by atoms with van der Waals surface area (Å²) < 4.78 is 5.93. The van der Waals surface area contributed by atoms with Crippen molar-refractivity contribution < 1.29 is 4.74 Å². The van der Waals surface area contributed by atoms with Crippen molar-refractivity contribution in [3.05, 3.63) is 38.0 Å². The van der Waals surface area contributed by atoms with E-state index in [4.69, 9.17) is 4.74 Å². The van der Waals surface area contributed by atoms with E-state index >= 15 is 0 Å². The molecule has 1 aliphatic rings. The summed E-state index contributed by atoms with van der Waals surface area (Å²) in [5.74, 6) is 3.07. The monoisotopic (exact) mass is 388 g/mol. The zero-order valence-corrected chi connectivity index (χ0v) is 16.5. The summed E-state index contributed by atoms with van der Waals surface area (Å²) in [5.41, 5.74) is 1.20. The van der Waals surface area contributed by atoms with Crippen LogP contribution < -0.4 is 10.1 Å². The van der Waals surface area contributed by atoms with Crippen LogP contribution in [0.5, 0.6) is 5.88 Å². The van der Waals surface area contributed by atoms with Gasteiger partial charge in [-0.2, -0.15) is 4.98 Å². The van der Waals surface area contributed by atoms with Crippen molar-refractivity contribution in [2.24, 2.45) is 5.92 Å². The Kier molecular flexibility index (Phi) is 4.82. The molecule has 7 nitrogen and oxygen atoms in total. The molecule has 0 amide bonds. The topological polar surface area (TPSA) is 85.7 Å². The minimum absolute atomic E-state index is 0.521.